The van der Waals surface area contributed by atoms with Gasteiger partial charge in [0.25, 0.3) is 0 Å². The van der Waals surface area contributed by atoms with Gasteiger partial charge >= 0.3 is 0 Å². The monoisotopic (exact) mass is 215 g/mol. The molecule has 0 rings (SSSR count). The molecule has 4 heteroatoms. The van der Waals surface area contributed by atoms with E-state index in [2.05, 4.69) is 5.32 Å². The zero-order valence-corrected chi connectivity index (χ0v) is 10.4. The predicted octanol–water partition coefficient (Wildman–Crippen LogP) is 1.28. The normalized spacial score (nSPS) is 15.6. The second-order valence-electron chi connectivity index (χ2n) is 4.77. The van der Waals surface area contributed by atoms with Crippen LogP contribution in [0.25, 0.3) is 0 Å². The summed E-state index contributed by atoms with van der Waals surface area (Å²) in [5.74, 6) is -0.277. The average molecular weight is 215 g/mol. The van der Waals surface area contributed by atoms with E-state index in [1.807, 2.05) is 20.8 Å². The van der Waals surface area contributed by atoms with Gasteiger partial charge in [-0.15, -0.1) is 0 Å². The maximum atomic E-state index is 11.6. The van der Waals surface area contributed by atoms with Crippen molar-refractivity contribution in [2.75, 3.05) is 0 Å². The number of amides is 1. The van der Waals surface area contributed by atoms with Crippen LogP contribution in [0.4, 0.5) is 0 Å². The molecule has 0 aliphatic carbocycles. The molecule has 0 fully saturated rings. The summed E-state index contributed by atoms with van der Waals surface area (Å²) in [4.78, 5) is 22.5. The molecule has 0 saturated heterocycles. The van der Waals surface area contributed by atoms with Crippen LogP contribution >= 0.6 is 0 Å². The van der Waals surface area contributed by atoms with Gasteiger partial charge in [-0.2, -0.15) is 0 Å². The molecule has 88 valence electrons. The molecule has 0 saturated carbocycles. The fourth-order valence-electron chi connectivity index (χ4n) is 0.935. The zero-order valence-electron chi connectivity index (χ0n) is 10.4. The molecule has 0 heterocycles. The van der Waals surface area contributed by atoms with E-state index in [0.29, 0.717) is 0 Å². The highest BCUT2D eigenvalue weighted by atomic mass is 16.5. The Bertz CT molecular complexity index is 243. The lowest BCUT2D eigenvalue weighted by atomic mass is 10.1. The summed E-state index contributed by atoms with van der Waals surface area (Å²) in [6.07, 6.45) is -1.14. The van der Waals surface area contributed by atoms with Crippen LogP contribution in [0, 0.1) is 0 Å². The van der Waals surface area contributed by atoms with E-state index >= 15 is 0 Å². The lowest BCUT2D eigenvalue weighted by molar-refractivity contribution is -0.142. The third-order valence-corrected chi connectivity index (χ3v) is 1.85. The van der Waals surface area contributed by atoms with Crippen molar-refractivity contribution in [3.63, 3.8) is 0 Å². The van der Waals surface area contributed by atoms with E-state index in [1.165, 1.54) is 6.92 Å². The molecule has 2 atom stereocenters. The Morgan fingerprint density at radius 1 is 1.13 bits per heavy atom. The third kappa shape index (κ3) is 6.23. The summed E-state index contributed by atoms with van der Waals surface area (Å²) < 4.78 is 5.26. The van der Waals surface area contributed by atoms with Crippen LogP contribution in [0.1, 0.15) is 41.5 Å². The standard InChI is InChI=1S/C11H21NO3/c1-7(13)8(2)15-9(3)10(14)12-11(4,5)6/h8-9H,1-6H3,(H,12,14). The maximum Gasteiger partial charge on any atom is 0.249 e. The van der Waals surface area contributed by atoms with Gasteiger partial charge in [0.2, 0.25) is 5.91 Å². The van der Waals surface area contributed by atoms with E-state index < -0.39 is 12.2 Å². The molecular formula is C11H21NO3. The van der Waals surface area contributed by atoms with Gasteiger partial charge in [-0.05, 0) is 41.5 Å². The maximum absolute atomic E-state index is 11.6. The van der Waals surface area contributed by atoms with E-state index in [1.54, 1.807) is 13.8 Å². The lowest BCUT2D eigenvalue weighted by Crippen LogP contribution is -2.46. The van der Waals surface area contributed by atoms with Gasteiger partial charge in [0, 0.05) is 5.54 Å². The number of Topliss-reactive ketones (excluding diaryl/α,β-unsaturated/α-hetero) is 1. The molecule has 2 unspecified atom stereocenters. The molecule has 0 spiro atoms. The molecule has 1 amide bonds. The van der Waals surface area contributed by atoms with Gasteiger partial charge in [-0.3, -0.25) is 9.59 Å². The predicted molar refractivity (Wildman–Crippen MR) is 58.6 cm³/mol. The van der Waals surface area contributed by atoms with Crippen molar-refractivity contribution in [1.82, 2.24) is 5.32 Å². The smallest absolute Gasteiger partial charge is 0.249 e. The summed E-state index contributed by atoms with van der Waals surface area (Å²) in [7, 11) is 0. The second kappa shape index (κ2) is 5.26. The fraction of sp³-hybridized carbons (Fsp3) is 0.818. The number of ether oxygens (including phenoxy) is 1. The average Bonchev–Trinajstić information content (AvgIpc) is 2.00. The molecule has 0 aromatic carbocycles. The van der Waals surface area contributed by atoms with Crippen LogP contribution in [0.5, 0.6) is 0 Å². The minimum absolute atomic E-state index is 0.0783. The number of nitrogens with one attached hydrogen (secondary N) is 1. The largest absolute Gasteiger partial charge is 0.358 e. The van der Waals surface area contributed by atoms with Crippen molar-refractivity contribution in [3.05, 3.63) is 0 Å². The van der Waals surface area contributed by atoms with Crippen LogP contribution in [0.2, 0.25) is 0 Å². The number of hydrogen-bond acceptors (Lipinski definition) is 3. The molecule has 0 aromatic heterocycles. The third-order valence-electron chi connectivity index (χ3n) is 1.85. The van der Waals surface area contributed by atoms with Gasteiger partial charge in [-0.25, -0.2) is 0 Å². The Kier molecular flexibility index (Phi) is 4.94. The molecule has 4 nitrogen and oxygen atoms in total. The van der Waals surface area contributed by atoms with Crippen molar-refractivity contribution in [2.45, 2.75) is 59.3 Å². The van der Waals surface area contributed by atoms with Crippen molar-refractivity contribution < 1.29 is 14.3 Å². The van der Waals surface area contributed by atoms with Crippen LogP contribution in [0.3, 0.4) is 0 Å². The molecular weight excluding hydrogens is 194 g/mol. The molecule has 1 N–H and O–H groups in total. The minimum atomic E-state index is -0.608. The Labute approximate surface area is 91.4 Å². The van der Waals surface area contributed by atoms with Gasteiger partial charge in [0.05, 0.1) is 0 Å². The van der Waals surface area contributed by atoms with Gasteiger partial charge in [0.15, 0.2) is 5.78 Å². The Hall–Kier alpha value is -0.900. The number of hydrogen-bond donors (Lipinski definition) is 1. The first-order valence-corrected chi connectivity index (χ1v) is 5.11. The summed E-state index contributed by atoms with van der Waals surface area (Å²) in [6, 6.07) is 0. The van der Waals surface area contributed by atoms with Crippen LogP contribution in [-0.4, -0.2) is 29.4 Å². The number of rotatable bonds is 4. The molecule has 15 heavy (non-hydrogen) atoms. The van der Waals surface area contributed by atoms with E-state index in [-0.39, 0.29) is 17.2 Å². The van der Waals surface area contributed by atoms with E-state index in [0.717, 1.165) is 0 Å². The summed E-state index contributed by atoms with van der Waals surface area (Å²) in [5.41, 5.74) is -0.284. The first kappa shape index (κ1) is 14.1. The summed E-state index contributed by atoms with van der Waals surface area (Å²) in [6.45, 7) is 10.4. The number of carbonyl (C=O) groups is 2. The fourth-order valence-corrected chi connectivity index (χ4v) is 0.935. The molecule has 0 aromatic rings. The number of carbonyl (C=O) groups excluding carboxylic acids is 2. The number of ketones is 1. The molecule has 0 radical (unpaired) electrons. The van der Waals surface area contributed by atoms with E-state index in [9.17, 15) is 9.59 Å². The van der Waals surface area contributed by atoms with Crippen LogP contribution in [0.15, 0.2) is 0 Å². The quantitative estimate of drug-likeness (QED) is 0.768. The van der Waals surface area contributed by atoms with Gasteiger partial charge in [0.1, 0.15) is 12.2 Å². The Balaban J connectivity index is 4.17. The zero-order chi connectivity index (χ0) is 12.2. The first-order chi connectivity index (χ1) is 6.63. The molecule has 0 aliphatic rings. The first-order valence-electron chi connectivity index (χ1n) is 5.11. The van der Waals surface area contributed by atoms with Crippen molar-refractivity contribution in [1.29, 1.82) is 0 Å². The Morgan fingerprint density at radius 2 is 1.60 bits per heavy atom. The van der Waals surface area contributed by atoms with Crippen molar-refractivity contribution >= 4 is 11.7 Å². The van der Waals surface area contributed by atoms with Gasteiger partial charge in [-0.1, -0.05) is 0 Å². The van der Waals surface area contributed by atoms with Crippen LogP contribution < -0.4 is 5.32 Å². The lowest BCUT2D eigenvalue weighted by Gasteiger charge is -2.24. The van der Waals surface area contributed by atoms with Gasteiger partial charge < -0.3 is 10.1 Å². The van der Waals surface area contributed by atoms with Crippen molar-refractivity contribution in [2.24, 2.45) is 0 Å². The molecule has 0 bridgehead atoms. The van der Waals surface area contributed by atoms with E-state index in [4.69, 9.17) is 4.74 Å². The second-order valence-corrected chi connectivity index (χ2v) is 4.77. The highest BCUT2D eigenvalue weighted by Crippen LogP contribution is 2.04. The Morgan fingerprint density at radius 3 is 1.93 bits per heavy atom. The highest BCUT2D eigenvalue weighted by Gasteiger charge is 2.22. The van der Waals surface area contributed by atoms with Crippen LogP contribution in [-0.2, 0) is 14.3 Å². The highest BCUT2D eigenvalue weighted by molar-refractivity contribution is 5.83. The summed E-state index contributed by atoms with van der Waals surface area (Å²) in [5, 5.41) is 2.79. The SMILES string of the molecule is CC(=O)C(C)OC(C)C(=O)NC(C)(C)C. The molecule has 0 aliphatic heterocycles. The minimum Gasteiger partial charge on any atom is -0.358 e. The van der Waals surface area contributed by atoms with Crippen molar-refractivity contribution in [3.8, 4) is 0 Å². The topological polar surface area (TPSA) is 55.4 Å². The summed E-state index contributed by atoms with van der Waals surface area (Å²) >= 11 is 0.